The number of rotatable bonds is 1. The summed E-state index contributed by atoms with van der Waals surface area (Å²) in [4.78, 5) is 13.7. The first-order chi connectivity index (χ1) is 6.68. The lowest BCUT2D eigenvalue weighted by atomic mass is 9.83. The fourth-order valence-electron chi connectivity index (χ4n) is 2.16. The summed E-state index contributed by atoms with van der Waals surface area (Å²) < 4.78 is 0. The number of carbonyl (C=O) groups is 1. The molecule has 14 heavy (non-hydrogen) atoms. The molecular formula is C11H19NO2. The molecule has 0 aromatic rings. The lowest BCUT2D eigenvalue weighted by Gasteiger charge is -2.38. The molecular weight excluding hydrogens is 178 g/mol. The summed E-state index contributed by atoms with van der Waals surface area (Å²) in [5.74, 6) is 0.901. The second-order valence-electron chi connectivity index (χ2n) is 4.75. The zero-order valence-corrected chi connectivity index (χ0v) is 8.78. The van der Waals surface area contributed by atoms with Crippen LogP contribution in [0.2, 0.25) is 0 Å². The van der Waals surface area contributed by atoms with E-state index >= 15 is 0 Å². The summed E-state index contributed by atoms with van der Waals surface area (Å²) in [7, 11) is 0. The summed E-state index contributed by atoms with van der Waals surface area (Å²) in [6.07, 6.45) is 3.94. The first-order valence-corrected chi connectivity index (χ1v) is 5.65. The number of carbonyl (C=O) groups excluding carboxylic acids is 1. The van der Waals surface area contributed by atoms with Gasteiger partial charge in [-0.25, -0.2) is 0 Å². The van der Waals surface area contributed by atoms with Crippen LogP contribution in [0.5, 0.6) is 0 Å². The molecule has 0 spiro atoms. The van der Waals surface area contributed by atoms with Crippen molar-refractivity contribution in [1.82, 2.24) is 4.90 Å². The second kappa shape index (κ2) is 3.89. The van der Waals surface area contributed by atoms with Crippen LogP contribution < -0.4 is 0 Å². The zero-order valence-electron chi connectivity index (χ0n) is 8.78. The summed E-state index contributed by atoms with van der Waals surface area (Å²) in [5, 5.41) is 9.68. The van der Waals surface area contributed by atoms with Crippen LogP contribution in [0, 0.1) is 11.8 Å². The number of aliphatic hydroxyl groups excluding tert-OH is 1. The first-order valence-electron chi connectivity index (χ1n) is 5.65. The van der Waals surface area contributed by atoms with Crippen LogP contribution in [0.1, 0.15) is 32.6 Å². The van der Waals surface area contributed by atoms with Gasteiger partial charge < -0.3 is 10.0 Å². The molecule has 1 N–H and O–H groups in total. The molecule has 1 heterocycles. The lowest BCUT2D eigenvalue weighted by molar-refractivity contribution is -0.142. The minimum atomic E-state index is -0.312. The fraction of sp³-hybridized carbons (Fsp3) is 0.909. The highest BCUT2D eigenvalue weighted by Gasteiger charge is 2.33. The van der Waals surface area contributed by atoms with Gasteiger partial charge in [0, 0.05) is 19.0 Å². The van der Waals surface area contributed by atoms with Gasteiger partial charge in [-0.15, -0.1) is 0 Å². The summed E-state index contributed by atoms with van der Waals surface area (Å²) >= 11 is 0. The largest absolute Gasteiger partial charge is 0.391 e. The molecule has 1 amide bonds. The lowest BCUT2D eigenvalue weighted by Crippen LogP contribution is -2.48. The molecule has 0 aromatic carbocycles. The molecule has 2 fully saturated rings. The average Bonchev–Trinajstić information content (AvgIpc) is 2.06. The predicted molar refractivity (Wildman–Crippen MR) is 53.7 cm³/mol. The molecule has 3 nitrogen and oxygen atoms in total. The third-order valence-electron chi connectivity index (χ3n) is 3.68. The van der Waals surface area contributed by atoms with Gasteiger partial charge in [0.25, 0.3) is 0 Å². The average molecular weight is 197 g/mol. The molecule has 80 valence electrons. The van der Waals surface area contributed by atoms with Gasteiger partial charge in [0.15, 0.2) is 0 Å². The van der Waals surface area contributed by atoms with Crippen molar-refractivity contribution in [2.24, 2.45) is 11.8 Å². The molecule has 1 saturated carbocycles. The van der Waals surface area contributed by atoms with Crippen molar-refractivity contribution in [3.63, 3.8) is 0 Å². The van der Waals surface area contributed by atoms with E-state index in [0.29, 0.717) is 12.5 Å². The van der Waals surface area contributed by atoms with E-state index in [-0.39, 0.29) is 17.9 Å². The molecule has 1 saturated heterocycles. The minimum absolute atomic E-state index is 0.274. The highest BCUT2D eigenvalue weighted by molar-refractivity contribution is 5.79. The van der Waals surface area contributed by atoms with Gasteiger partial charge in [0.05, 0.1) is 6.10 Å². The van der Waals surface area contributed by atoms with E-state index in [4.69, 9.17) is 0 Å². The van der Waals surface area contributed by atoms with E-state index in [1.165, 1.54) is 6.42 Å². The Bertz CT molecular complexity index is 225. The Balaban J connectivity index is 1.88. The number of nitrogens with zero attached hydrogens (tertiary/aromatic N) is 1. The van der Waals surface area contributed by atoms with Gasteiger partial charge in [0.1, 0.15) is 0 Å². The molecule has 2 unspecified atom stereocenters. The molecule has 2 rings (SSSR count). The Hall–Kier alpha value is -0.570. The van der Waals surface area contributed by atoms with Crippen LogP contribution in [0.25, 0.3) is 0 Å². The van der Waals surface area contributed by atoms with Crippen molar-refractivity contribution < 1.29 is 9.90 Å². The van der Waals surface area contributed by atoms with Crippen LogP contribution in [0.3, 0.4) is 0 Å². The Morgan fingerprint density at radius 1 is 1.36 bits per heavy atom. The maximum Gasteiger partial charge on any atom is 0.225 e. The third-order valence-corrected chi connectivity index (χ3v) is 3.68. The predicted octanol–water partition coefficient (Wildman–Crippen LogP) is 1.02. The number of β-amino-alcohol motifs (C(OH)–C–C–N with tert-alkyl or cyclic N) is 1. The summed E-state index contributed by atoms with van der Waals surface area (Å²) in [6.45, 7) is 3.44. The molecule has 3 heteroatoms. The van der Waals surface area contributed by atoms with E-state index in [2.05, 4.69) is 6.92 Å². The number of aliphatic hydroxyl groups is 1. The number of piperidine rings is 1. The molecule has 0 bridgehead atoms. The van der Waals surface area contributed by atoms with E-state index < -0.39 is 0 Å². The minimum Gasteiger partial charge on any atom is -0.391 e. The van der Waals surface area contributed by atoms with Crippen molar-refractivity contribution in [2.75, 3.05) is 13.1 Å². The Morgan fingerprint density at radius 2 is 2.07 bits per heavy atom. The second-order valence-corrected chi connectivity index (χ2v) is 4.75. The summed E-state index contributed by atoms with van der Waals surface area (Å²) in [6, 6.07) is 0. The highest BCUT2D eigenvalue weighted by Crippen LogP contribution is 2.29. The van der Waals surface area contributed by atoms with Crippen LogP contribution in [-0.4, -0.2) is 35.1 Å². The van der Waals surface area contributed by atoms with E-state index in [1.54, 1.807) is 0 Å². The molecule has 1 aliphatic heterocycles. The van der Waals surface area contributed by atoms with Gasteiger partial charge >= 0.3 is 0 Å². The molecule has 2 aliphatic rings. The maximum absolute atomic E-state index is 11.8. The number of hydrogen-bond acceptors (Lipinski definition) is 2. The Labute approximate surface area is 85.1 Å². The van der Waals surface area contributed by atoms with Gasteiger partial charge in [0.2, 0.25) is 5.91 Å². The van der Waals surface area contributed by atoms with E-state index in [1.807, 2.05) is 4.90 Å². The zero-order chi connectivity index (χ0) is 10.1. The standard InChI is InChI=1S/C11H19NO2/c1-8-5-6-12(7-10(8)13)11(14)9-3-2-4-9/h8-10,13H,2-7H2,1H3. The maximum atomic E-state index is 11.8. The van der Waals surface area contributed by atoms with E-state index in [9.17, 15) is 9.90 Å². The summed E-state index contributed by atoms with van der Waals surface area (Å²) in [5.41, 5.74) is 0. The van der Waals surface area contributed by atoms with Gasteiger partial charge in [-0.2, -0.15) is 0 Å². The third kappa shape index (κ3) is 1.78. The molecule has 0 aromatic heterocycles. The smallest absolute Gasteiger partial charge is 0.225 e. The fourth-order valence-corrected chi connectivity index (χ4v) is 2.16. The van der Waals surface area contributed by atoms with Crippen LogP contribution >= 0.6 is 0 Å². The first kappa shape index (κ1) is 9.97. The van der Waals surface area contributed by atoms with Crippen LogP contribution in [0.15, 0.2) is 0 Å². The monoisotopic (exact) mass is 197 g/mol. The molecule has 1 aliphatic carbocycles. The van der Waals surface area contributed by atoms with Crippen molar-refractivity contribution in [1.29, 1.82) is 0 Å². The van der Waals surface area contributed by atoms with Crippen molar-refractivity contribution in [2.45, 2.75) is 38.7 Å². The van der Waals surface area contributed by atoms with Crippen LogP contribution in [0.4, 0.5) is 0 Å². The Morgan fingerprint density at radius 3 is 2.57 bits per heavy atom. The Kier molecular flexibility index (Phi) is 2.77. The van der Waals surface area contributed by atoms with Crippen molar-refractivity contribution in [3.8, 4) is 0 Å². The number of hydrogen-bond donors (Lipinski definition) is 1. The SMILES string of the molecule is CC1CCN(C(=O)C2CCC2)CC1O. The number of likely N-dealkylation sites (tertiary alicyclic amines) is 1. The van der Waals surface area contributed by atoms with Crippen molar-refractivity contribution >= 4 is 5.91 Å². The number of amides is 1. The van der Waals surface area contributed by atoms with E-state index in [0.717, 1.165) is 25.8 Å². The highest BCUT2D eigenvalue weighted by atomic mass is 16.3. The molecule has 2 atom stereocenters. The quantitative estimate of drug-likeness (QED) is 0.681. The van der Waals surface area contributed by atoms with Crippen LogP contribution in [-0.2, 0) is 4.79 Å². The normalized spacial score (nSPS) is 34.0. The van der Waals surface area contributed by atoms with Gasteiger partial charge in [-0.1, -0.05) is 13.3 Å². The van der Waals surface area contributed by atoms with Gasteiger partial charge in [-0.3, -0.25) is 4.79 Å². The molecule has 0 radical (unpaired) electrons. The topological polar surface area (TPSA) is 40.5 Å². The van der Waals surface area contributed by atoms with Gasteiger partial charge in [-0.05, 0) is 25.2 Å². The van der Waals surface area contributed by atoms with Crippen molar-refractivity contribution in [3.05, 3.63) is 0 Å².